The molecule has 0 radical (unpaired) electrons. The van der Waals surface area contributed by atoms with Crippen LogP contribution < -0.4 is 10.2 Å². The molecule has 16 heavy (non-hydrogen) atoms. The summed E-state index contributed by atoms with van der Waals surface area (Å²) in [5, 5.41) is 18.4. The first-order chi connectivity index (χ1) is 7.41. The highest BCUT2D eigenvalue weighted by molar-refractivity contribution is 6.59. The molecule has 0 bridgehead atoms. The van der Waals surface area contributed by atoms with E-state index in [4.69, 9.17) is 4.74 Å². The van der Waals surface area contributed by atoms with E-state index in [0.29, 0.717) is 11.3 Å². The van der Waals surface area contributed by atoms with Gasteiger partial charge in [0.15, 0.2) is 0 Å². The van der Waals surface area contributed by atoms with Crippen LogP contribution in [-0.2, 0) is 0 Å². The third-order valence-electron chi connectivity index (χ3n) is 2.13. The van der Waals surface area contributed by atoms with Crippen LogP contribution in [0.2, 0.25) is 0 Å². The monoisotopic (exact) mass is 223 g/mol. The highest BCUT2D eigenvalue weighted by Crippen LogP contribution is 2.15. The van der Waals surface area contributed by atoms with Gasteiger partial charge in [0.1, 0.15) is 0 Å². The lowest BCUT2D eigenvalue weighted by Crippen LogP contribution is -2.33. The Morgan fingerprint density at radius 3 is 2.25 bits per heavy atom. The quantitative estimate of drug-likeness (QED) is 0.736. The standard InChI is InChI=1S/C11H18BNO3/c1-7(2)10-6-5-9(12(14)15)11(13-10)16-8(3)4/h5-8,14-15H,1-4H3. The molecule has 0 fully saturated rings. The molecule has 0 unspecified atom stereocenters. The average Bonchev–Trinajstić information content (AvgIpc) is 2.15. The van der Waals surface area contributed by atoms with E-state index in [9.17, 15) is 10.0 Å². The summed E-state index contributed by atoms with van der Waals surface area (Å²) in [5.74, 6) is 0.579. The Kier molecular flexibility index (Phi) is 4.32. The van der Waals surface area contributed by atoms with E-state index in [-0.39, 0.29) is 12.0 Å². The maximum absolute atomic E-state index is 9.18. The molecule has 0 saturated heterocycles. The molecule has 0 saturated carbocycles. The molecule has 0 aliphatic heterocycles. The van der Waals surface area contributed by atoms with E-state index in [1.54, 1.807) is 12.1 Å². The first-order valence-corrected chi connectivity index (χ1v) is 5.45. The van der Waals surface area contributed by atoms with Crippen molar-refractivity contribution in [2.75, 3.05) is 0 Å². The Morgan fingerprint density at radius 1 is 1.19 bits per heavy atom. The molecular formula is C11H18BNO3. The molecule has 0 amide bonds. The van der Waals surface area contributed by atoms with Gasteiger partial charge in [-0.15, -0.1) is 0 Å². The zero-order valence-electron chi connectivity index (χ0n) is 10.1. The molecule has 0 aliphatic rings. The Labute approximate surface area is 96.4 Å². The van der Waals surface area contributed by atoms with Crippen molar-refractivity contribution in [3.05, 3.63) is 17.8 Å². The SMILES string of the molecule is CC(C)Oc1nc(C(C)C)ccc1B(O)O. The summed E-state index contributed by atoms with van der Waals surface area (Å²) in [6, 6.07) is 3.43. The number of hydrogen-bond donors (Lipinski definition) is 2. The zero-order valence-corrected chi connectivity index (χ0v) is 10.1. The number of aromatic nitrogens is 1. The van der Waals surface area contributed by atoms with Gasteiger partial charge in [-0.3, -0.25) is 0 Å². The van der Waals surface area contributed by atoms with Crippen molar-refractivity contribution in [2.45, 2.75) is 39.7 Å². The van der Waals surface area contributed by atoms with Crippen LogP contribution >= 0.6 is 0 Å². The van der Waals surface area contributed by atoms with Gasteiger partial charge in [-0.1, -0.05) is 19.9 Å². The van der Waals surface area contributed by atoms with Crippen LogP contribution in [0.1, 0.15) is 39.3 Å². The van der Waals surface area contributed by atoms with Gasteiger partial charge >= 0.3 is 7.12 Å². The number of ether oxygens (including phenoxy) is 1. The van der Waals surface area contributed by atoms with Crippen LogP contribution in [0.4, 0.5) is 0 Å². The van der Waals surface area contributed by atoms with Crippen molar-refractivity contribution in [3.63, 3.8) is 0 Å². The van der Waals surface area contributed by atoms with Crippen molar-refractivity contribution in [1.29, 1.82) is 0 Å². The largest absolute Gasteiger partial charge is 0.494 e. The second-order valence-electron chi connectivity index (χ2n) is 4.33. The molecule has 1 heterocycles. The fourth-order valence-electron chi connectivity index (χ4n) is 1.30. The molecule has 1 aromatic heterocycles. The molecule has 1 rings (SSSR count). The van der Waals surface area contributed by atoms with Crippen LogP contribution in [0.5, 0.6) is 5.88 Å². The molecule has 5 heteroatoms. The molecule has 0 spiro atoms. The number of hydrogen-bond acceptors (Lipinski definition) is 4. The number of pyridine rings is 1. The van der Waals surface area contributed by atoms with Crippen LogP contribution in [-0.4, -0.2) is 28.3 Å². The predicted octanol–water partition coefficient (Wildman–Crippen LogP) is 0.672. The van der Waals surface area contributed by atoms with Crippen LogP contribution in [0, 0.1) is 0 Å². The van der Waals surface area contributed by atoms with Gasteiger partial charge in [0.2, 0.25) is 5.88 Å². The van der Waals surface area contributed by atoms with Crippen molar-refractivity contribution >= 4 is 12.6 Å². The van der Waals surface area contributed by atoms with Crippen molar-refractivity contribution < 1.29 is 14.8 Å². The Morgan fingerprint density at radius 2 is 1.81 bits per heavy atom. The van der Waals surface area contributed by atoms with Crippen molar-refractivity contribution in [3.8, 4) is 5.88 Å². The van der Waals surface area contributed by atoms with Gasteiger partial charge in [-0.05, 0) is 25.8 Å². The minimum absolute atomic E-state index is 0.0487. The summed E-state index contributed by atoms with van der Waals surface area (Å²) in [6.45, 7) is 7.79. The maximum Gasteiger partial charge on any atom is 0.494 e. The third kappa shape index (κ3) is 3.22. The molecule has 4 nitrogen and oxygen atoms in total. The molecule has 0 aromatic carbocycles. The molecule has 88 valence electrons. The smallest absolute Gasteiger partial charge is 0.475 e. The number of nitrogens with zero attached hydrogens (tertiary/aromatic N) is 1. The molecule has 1 aromatic rings. The molecular weight excluding hydrogens is 205 g/mol. The van der Waals surface area contributed by atoms with Crippen LogP contribution in [0.15, 0.2) is 12.1 Å². The maximum atomic E-state index is 9.18. The van der Waals surface area contributed by atoms with Crippen LogP contribution in [0.3, 0.4) is 0 Å². The lowest BCUT2D eigenvalue weighted by atomic mass is 9.80. The summed E-state index contributed by atoms with van der Waals surface area (Å²) in [7, 11) is -1.55. The highest BCUT2D eigenvalue weighted by atomic mass is 16.5. The van der Waals surface area contributed by atoms with E-state index < -0.39 is 7.12 Å². The fraction of sp³-hybridized carbons (Fsp3) is 0.545. The van der Waals surface area contributed by atoms with Gasteiger partial charge in [0.05, 0.1) is 6.10 Å². The Hall–Kier alpha value is -1.07. The molecule has 0 atom stereocenters. The summed E-state index contributed by atoms with van der Waals surface area (Å²) in [5.41, 5.74) is 1.18. The zero-order chi connectivity index (χ0) is 12.3. The van der Waals surface area contributed by atoms with E-state index in [1.807, 2.05) is 27.7 Å². The van der Waals surface area contributed by atoms with E-state index in [2.05, 4.69) is 4.98 Å². The Bertz CT molecular complexity index is 353. The van der Waals surface area contributed by atoms with Gasteiger partial charge < -0.3 is 14.8 Å². The lowest BCUT2D eigenvalue weighted by Gasteiger charge is -2.15. The fourth-order valence-corrected chi connectivity index (χ4v) is 1.30. The second-order valence-corrected chi connectivity index (χ2v) is 4.33. The summed E-state index contributed by atoms with van der Waals surface area (Å²) in [4.78, 5) is 4.29. The van der Waals surface area contributed by atoms with E-state index in [0.717, 1.165) is 5.69 Å². The van der Waals surface area contributed by atoms with Crippen molar-refractivity contribution in [2.24, 2.45) is 0 Å². The summed E-state index contributed by atoms with van der Waals surface area (Å²) >= 11 is 0. The number of rotatable bonds is 4. The van der Waals surface area contributed by atoms with Gasteiger partial charge in [-0.25, -0.2) is 4.98 Å². The molecule has 0 aliphatic carbocycles. The van der Waals surface area contributed by atoms with E-state index in [1.165, 1.54) is 0 Å². The minimum Gasteiger partial charge on any atom is -0.475 e. The average molecular weight is 223 g/mol. The first-order valence-electron chi connectivity index (χ1n) is 5.45. The molecule has 2 N–H and O–H groups in total. The van der Waals surface area contributed by atoms with E-state index >= 15 is 0 Å². The lowest BCUT2D eigenvalue weighted by molar-refractivity contribution is 0.233. The summed E-state index contributed by atoms with van der Waals surface area (Å²) < 4.78 is 5.47. The minimum atomic E-state index is -1.55. The predicted molar refractivity (Wildman–Crippen MR) is 63.9 cm³/mol. The van der Waals surface area contributed by atoms with Gasteiger partial charge in [0, 0.05) is 11.2 Å². The van der Waals surface area contributed by atoms with Gasteiger partial charge in [0.25, 0.3) is 0 Å². The first kappa shape index (κ1) is 13.0. The Balaban J connectivity index is 3.10. The normalized spacial score (nSPS) is 11.0. The summed E-state index contributed by atoms with van der Waals surface area (Å²) in [6.07, 6.45) is -0.0487. The van der Waals surface area contributed by atoms with Crippen LogP contribution in [0.25, 0.3) is 0 Å². The third-order valence-corrected chi connectivity index (χ3v) is 2.13. The second kappa shape index (κ2) is 5.32. The van der Waals surface area contributed by atoms with Crippen molar-refractivity contribution in [1.82, 2.24) is 4.98 Å². The topological polar surface area (TPSA) is 62.6 Å². The highest BCUT2D eigenvalue weighted by Gasteiger charge is 2.20. The van der Waals surface area contributed by atoms with Gasteiger partial charge in [-0.2, -0.15) is 0 Å².